The van der Waals surface area contributed by atoms with E-state index < -0.39 is 0 Å². The molecule has 0 aliphatic rings. The fraction of sp³-hybridized carbons (Fsp3) is 0.333. The molecule has 0 amide bonds. The molecule has 102 valence electrons. The second-order valence-corrected chi connectivity index (χ2v) is 5.11. The van der Waals surface area contributed by atoms with Gasteiger partial charge in [0.1, 0.15) is 12.4 Å². The number of benzene rings is 1. The summed E-state index contributed by atoms with van der Waals surface area (Å²) in [4.78, 5) is 0. The van der Waals surface area contributed by atoms with Gasteiger partial charge in [-0.2, -0.15) is 11.3 Å². The number of ether oxygens (including phenoxy) is 2. The first-order valence-electron chi connectivity index (χ1n) is 6.27. The standard InChI is InChI=1S/C15H19NO2S/c1-12-3-4-14(15(9-12)18-7-6-17-2)16-10-13-5-8-19-11-13/h3-5,8-9,11,16H,6-7,10H2,1-2H3. The van der Waals surface area contributed by atoms with Gasteiger partial charge in [0.25, 0.3) is 0 Å². The quantitative estimate of drug-likeness (QED) is 0.783. The van der Waals surface area contributed by atoms with Gasteiger partial charge in [-0.25, -0.2) is 0 Å². The lowest BCUT2D eigenvalue weighted by Crippen LogP contribution is -2.07. The van der Waals surface area contributed by atoms with E-state index in [0.717, 1.165) is 18.0 Å². The molecule has 2 aromatic rings. The largest absolute Gasteiger partial charge is 0.489 e. The van der Waals surface area contributed by atoms with Gasteiger partial charge in [-0.15, -0.1) is 0 Å². The monoisotopic (exact) mass is 277 g/mol. The number of rotatable bonds is 7. The lowest BCUT2D eigenvalue weighted by Gasteiger charge is -2.13. The zero-order chi connectivity index (χ0) is 13.5. The molecule has 1 N–H and O–H groups in total. The maximum absolute atomic E-state index is 5.74. The molecular weight excluding hydrogens is 258 g/mol. The smallest absolute Gasteiger partial charge is 0.142 e. The number of aryl methyl sites for hydroxylation is 1. The van der Waals surface area contributed by atoms with Gasteiger partial charge in [-0.1, -0.05) is 6.07 Å². The van der Waals surface area contributed by atoms with Crippen LogP contribution in [0.25, 0.3) is 0 Å². The maximum Gasteiger partial charge on any atom is 0.142 e. The molecule has 0 spiro atoms. The molecule has 0 unspecified atom stereocenters. The van der Waals surface area contributed by atoms with Crippen LogP contribution < -0.4 is 10.1 Å². The molecular formula is C15H19NO2S. The fourth-order valence-electron chi connectivity index (χ4n) is 1.72. The van der Waals surface area contributed by atoms with Crippen molar-refractivity contribution in [2.45, 2.75) is 13.5 Å². The third kappa shape index (κ3) is 4.26. The van der Waals surface area contributed by atoms with Crippen LogP contribution in [0.1, 0.15) is 11.1 Å². The molecule has 0 bridgehead atoms. The van der Waals surface area contributed by atoms with Crippen LogP contribution in [0.5, 0.6) is 5.75 Å². The highest BCUT2D eigenvalue weighted by Crippen LogP contribution is 2.26. The highest BCUT2D eigenvalue weighted by atomic mass is 32.1. The first kappa shape index (κ1) is 13.9. The molecule has 0 fully saturated rings. The Morgan fingerprint density at radius 2 is 2.11 bits per heavy atom. The van der Waals surface area contributed by atoms with Crippen LogP contribution in [0.2, 0.25) is 0 Å². The first-order valence-corrected chi connectivity index (χ1v) is 7.21. The zero-order valence-corrected chi connectivity index (χ0v) is 12.1. The molecule has 0 saturated carbocycles. The Morgan fingerprint density at radius 1 is 1.21 bits per heavy atom. The molecule has 0 radical (unpaired) electrons. The van der Waals surface area contributed by atoms with Crippen molar-refractivity contribution in [2.75, 3.05) is 25.6 Å². The van der Waals surface area contributed by atoms with Crippen molar-refractivity contribution >= 4 is 17.0 Å². The summed E-state index contributed by atoms with van der Waals surface area (Å²) >= 11 is 1.71. The van der Waals surface area contributed by atoms with E-state index in [1.807, 2.05) is 6.07 Å². The van der Waals surface area contributed by atoms with Crippen molar-refractivity contribution in [3.05, 3.63) is 46.2 Å². The van der Waals surface area contributed by atoms with Crippen LogP contribution in [-0.4, -0.2) is 20.3 Å². The molecule has 1 heterocycles. The third-order valence-corrected chi connectivity index (χ3v) is 3.48. The topological polar surface area (TPSA) is 30.5 Å². The summed E-state index contributed by atoms with van der Waals surface area (Å²) in [7, 11) is 1.68. The van der Waals surface area contributed by atoms with E-state index in [9.17, 15) is 0 Å². The Hall–Kier alpha value is -1.52. The summed E-state index contributed by atoms with van der Waals surface area (Å²) in [6.45, 7) is 4.03. The molecule has 19 heavy (non-hydrogen) atoms. The Labute approximate surface area is 118 Å². The highest BCUT2D eigenvalue weighted by Gasteiger charge is 2.04. The van der Waals surface area contributed by atoms with Crippen molar-refractivity contribution in [3.8, 4) is 5.75 Å². The lowest BCUT2D eigenvalue weighted by atomic mass is 10.2. The summed E-state index contributed by atoms with van der Waals surface area (Å²) in [5.74, 6) is 0.882. The third-order valence-electron chi connectivity index (χ3n) is 2.75. The van der Waals surface area contributed by atoms with E-state index in [1.54, 1.807) is 18.4 Å². The van der Waals surface area contributed by atoms with Gasteiger partial charge in [0.2, 0.25) is 0 Å². The number of methoxy groups -OCH3 is 1. The summed E-state index contributed by atoms with van der Waals surface area (Å²) in [5, 5.41) is 7.64. The minimum absolute atomic E-state index is 0.563. The number of anilines is 1. The Morgan fingerprint density at radius 3 is 2.84 bits per heavy atom. The van der Waals surface area contributed by atoms with Crippen LogP contribution in [0.3, 0.4) is 0 Å². The van der Waals surface area contributed by atoms with E-state index in [2.05, 4.69) is 41.2 Å². The molecule has 1 aromatic heterocycles. The Bertz CT molecular complexity index is 497. The van der Waals surface area contributed by atoms with E-state index in [-0.39, 0.29) is 0 Å². The molecule has 0 aliphatic carbocycles. The number of thiophene rings is 1. The molecule has 2 rings (SSSR count). The van der Waals surface area contributed by atoms with Gasteiger partial charge in [0.15, 0.2) is 0 Å². The maximum atomic E-state index is 5.74. The van der Waals surface area contributed by atoms with Crippen LogP contribution >= 0.6 is 11.3 Å². The Kier molecular flexibility index (Phi) is 5.24. The molecule has 0 saturated heterocycles. The first-order chi connectivity index (χ1) is 9.29. The van der Waals surface area contributed by atoms with Gasteiger partial charge in [-0.3, -0.25) is 0 Å². The predicted molar refractivity (Wildman–Crippen MR) is 80.2 cm³/mol. The van der Waals surface area contributed by atoms with Crippen molar-refractivity contribution in [2.24, 2.45) is 0 Å². The van der Waals surface area contributed by atoms with Crippen molar-refractivity contribution in [1.29, 1.82) is 0 Å². The molecule has 3 nitrogen and oxygen atoms in total. The summed E-state index contributed by atoms with van der Waals surface area (Å²) in [6, 6.07) is 8.31. The van der Waals surface area contributed by atoms with Crippen molar-refractivity contribution < 1.29 is 9.47 Å². The minimum atomic E-state index is 0.563. The summed E-state index contributed by atoms with van der Waals surface area (Å²) < 4.78 is 10.8. The second kappa shape index (κ2) is 7.16. The van der Waals surface area contributed by atoms with Crippen molar-refractivity contribution in [1.82, 2.24) is 0 Å². The molecule has 0 atom stereocenters. The summed E-state index contributed by atoms with van der Waals surface area (Å²) in [5.41, 5.74) is 3.50. The highest BCUT2D eigenvalue weighted by molar-refractivity contribution is 7.07. The number of hydrogen-bond acceptors (Lipinski definition) is 4. The molecule has 0 aliphatic heterocycles. The van der Waals surface area contributed by atoms with E-state index in [0.29, 0.717) is 13.2 Å². The molecule has 1 aromatic carbocycles. The van der Waals surface area contributed by atoms with Gasteiger partial charge >= 0.3 is 0 Å². The average Bonchev–Trinajstić information content (AvgIpc) is 2.91. The Balaban J connectivity index is 2.01. The normalized spacial score (nSPS) is 10.4. The summed E-state index contributed by atoms with van der Waals surface area (Å²) in [6.07, 6.45) is 0. The van der Waals surface area contributed by atoms with Gasteiger partial charge in [0.05, 0.1) is 12.3 Å². The lowest BCUT2D eigenvalue weighted by molar-refractivity contribution is 0.146. The van der Waals surface area contributed by atoms with Crippen LogP contribution in [0, 0.1) is 6.92 Å². The minimum Gasteiger partial charge on any atom is -0.489 e. The van der Waals surface area contributed by atoms with Gasteiger partial charge in [0, 0.05) is 13.7 Å². The van der Waals surface area contributed by atoms with Gasteiger partial charge < -0.3 is 14.8 Å². The molecule has 4 heteroatoms. The van der Waals surface area contributed by atoms with Gasteiger partial charge in [-0.05, 0) is 47.0 Å². The van der Waals surface area contributed by atoms with Crippen molar-refractivity contribution in [3.63, 3.8) is 0 Å². The number of nitrogens with one attached hydrogen (secondary N) is 1. The van der Waals surface area contributed by atoms with E-state index >= 15 is 0 Å². The number of hydrogen-bond donors (Lipinski definition) is 1. The van der Waals surface area contributed by atoms with Crippen LogP contribution in [0.4, 0.5) is 5.69 Å². The predicted octanol–water partition coefficient (Wildman–Crippen LogP) is 3.69. The SMILES string of the molecule is COCCOc1cc(C)ccc1NCc1ccsc1. The second-order valence-electron chi connectivity index (χ2n) is 4.33. The fourth-order valence-corrected chi connectivity index (χ4v) is 2.39. The van der Waals surface area contributed by atoms with E-state index in [4.69, 9.17) is 9.47 Å². The zero-order valence-electron chi connectivity index (χ0n) is 11.3. The van der Waals surface area contributed by atoms with Crippen LogP contribution in [-0.2, 0) is 11.3 Å². The van der Waals surface area contributed by atoms with Crippen LogP contribution in [0.15, 0.2) is 35.0 Å². The average molecular weight is 277 g/mol. The van der Waals surface area contributed by atoms with E-state index in [1.165, 1.54) is 11.1 Å².